The molecule has 118 heavy (non-hydrogen) atoms. The maximum atomic E-state index is 8.56. The van der Waals surface area contributed by atoms with Crippen molar-refractivity contribution in [2.45, 2.75) is 189 Å². The van der Waals surface area contributed by atoms with Gasteiger partial charge in [-0.2, -0.15) is 0 Å². The minimum Gasteiger partial charge on any atom is -0.390 e. The van der Waals surface area contributed by atoms with Gasteiger partial charge >= 0.3 is 88.0 Å². The third-order valence-electron chi connectivity index (χ3n) is 14.9. The summed E-state index contributed by atoms with van der Waals surface area (Å²) in [5.74, 6) is 0. The van der Waals surface area contributed by atoms with Crippen LogP contribution < -0.4 is 34.4 Å². The van der Waals surface area contributed by atoms with Crippen molar-refractivity contribution in [2.75, 3.05) is 265 Å². The second-order valence-corrected chi connectivity index (χ2v) is 52.2. The Balaban J connectivity index is -0.000000138. The molecule has 0 atom stereocenters. The minimum atomic E-state index is -3.78. The van der Waals surface area contributed by atoms with Gasteiger partial charge in [-0.15, -0.1) is 0 Å². The summed E-state index contributed by atoms with van der Waals surface area (Å²) in [6.45, 7) is 40.6. The van der Waals surface area contributed by atoms with Crippen LogP contribution in [0.25, 0.3) is 0 Å². The molecule has 0 rings (SSSR count). The van der Waals surface area contributed by atoms with E-state index in [1.807, 2.05) is 123 Å². The van der Waals surface area contributed by atoms with Crippen LogP contribution in [0, 0.1) is 0 Å². The first-order valence-electron chi connectivity index (χ1n) is 41.3. The van der Waals surface area contributed by atoms with Crippen molar-refractivity contribution in [3.63, 3.8) is 0 Å². The highest BCUT2D eigenvalue weighted by molar-refractivity contribution is 6.63. The van der Waals surface area contributed by atoms with E-state index >= 15 is 0 Å². The fourth-order valence-corrected chi connectivity index (χ4v) is 26.8. The average molecular weight is 1910 g/mol. The lowest BCUT2D eigenvalue weighted by molar-refractivity contribution is 0.0689. The van der Waals surface area contributed by atoms with E-state index in [1.165, 1.54) is 0 Å². The largest absolute Gasteiger partial charge is 0.502 e. The second-order valence-electron chi connectivity index (χ2n) is 25.9. The molecule has 0 bridgehead atoms. The summed E-state index contributed by atoms with van der Waals surface area (Å²) in [4.78, 5) is 83.6. The van der Waals surface area contributed by atoms with Crippen LogP contribution in [0.3, 0.4) is 0 Å². The lowest BCUT2D eigenvalue weighted by Gasteiger charge is -2.29. The van der Waals surface area contributed by atoms with Crippen molar-refractivity contribution >= 4 is 88.0 Å². The Hall–Kier alpha value is 0.569. The van der Waals surface area contributed by atoms with Crippen molar-refractivity contribution in [2.24, 2.45) is 34.4 Å². The van der Waals surface area contributed by atoms with Gasteiger partial charge in [0.2, 0.25) is 0 Å². The highest BCUT2D eigenvalue weighted by Crippen LogP contribution is 2.22. The van der Waals surface area contributed by atoms with Crippen LogP contribution in [0.5, 0.6) is 0 Å². The van der Waals surface area contributed by atoms with Crippen LogP contribution in [0.1, 0.15) is 129 Å². The number of rotatable bonds is 64. The molecular weight excluding hydrogens is 1720 g/mol. The van der Waals surface area contributed by atoms with E-state index in [0.29, 0.717) is 144 Å². The lowest BCUT2D eigenvalue weighted by atomic mass is 10.5. The van der Waals surface area contributed by atoms with E-state index in [1.54, 1.807) is 56.9 Å². The topological polar surface area (TPSA) is 545 Å². The molecular formula is C68H186N10O30Si10. The van der Waals surface area contributed by atoms with Gasteiger partial charge in [-0.25, -0.2) is 0 Å². The highest BCUT2D eigenvalue weighted by Gasteiger charge is 2.44. The molecule has 40 nitrogen and oxygen atoms in total. The zero-order chi connectivity index (χ0) is 93.7. The summed E-state index contributed by atoms with van der Waals surface area (Å²) < 4.78 is 115. The van der Waals surface area contributed by atoms with Gasteiger partial charge < -0.3 is 190 Å². The first-order valence-corrected chi connectivity index (χ1v) is 61.0. The SMILES string of the molecule is CCO[Si](CCCN(C)C)(OCC)OCC.CCO[Si](CCCN)(OC)OC.CCO[Si](CCCN)(OCC)OCC.CCO[Si](CCN(C)C)(OCC)OCC.CCO[Si](CCN)(OCC)OCC.CN(C)CCC[Si](O)(O)O.CO[Si](CCCN(C)C)(OC)OC.CO[Si](CCN)(OC)OC.NCCC[Si](O)(O)O.NCC[Si](O)(O)O. The van der Waals surface area contributed by atoms with Gasteiger partial charge in [-0.3, -0.25) is 0 Å². The summed E-state index contributed by atoms with van der Waals surface area (Å²) in [5.41, 5.74) is 31.6. The molecule has 0 amide bonds. The standard InChI is InChI=1S/C11H27NO3Si.C10H25NO3Si.C9H23NO3Si.2C8H21NO3Si.C7H19NO3Si.2C5H15NO3Si.C3H11NO3Si.C2H9NO3Si/c1-6-13-16(14-7-2,15-8-3)11-9-10-12(4)5;1-6-12-15(13-7-2,14-8-3)10-9-11(4)5;1-4-11-14(12-5-2,13-6-3)9-7-8-10;1-9(2)7-6-8-13(10-3,11-4)12-5;1-4-10-13(8-7-9,11-5-2)12-6-3;1-4-11-12(9-2,10-3)7-5-6-8;1-7-10(8-2,9-3)5-4-6;1-6(2)4-3-5-10(7,8)9;4-2-1-3-8(5,6)7;3-1-2-7(4,5)6/h6-11H2,1-5H3;6-10H2,1-5H3;4-10H2,1-3H3;6-8H2,1-5H3;4-9H2,1-3H3;4-8H2,1-3H3;4-6H2,1-3H3;7-9H,3-5H2,1-2H3;5-7H,1-4H2;4-6H,1-3H2. The van der Waals surface area contributed by atoms with Gasteiger partial charge in [-0.1, -0.05) is 0 Å². The molecule has 0 aliphatic rings. The predicted molar refractivity (Wildman–Crippen MR) is 489 cm³/mol. The third-order valence-corrected chi connectivity index (χ3v) is 38.8. The van der Waals surface area contributed by atoms with E-state index in [2.05, 4.69) is 42.9 Å². The molecule has 0 radical (unpaired) electrons. The monoisotopic (exact) mass is 1900 g/mol. The summed E-state index contributed by atoms with van der Waals surface area (Å²) in [6.07, 6.45) is 4.96. The predicted octanol–water partition coefficient (Wildman–Crippen LogP) is 2.17. The van der Waals surface area contributed by atoms with Crippen LogP contribution in [0.2, 0.25) is 60.4 Å². The fraction of sp³-hybridized carbons (Fsp3) is 1.00. The second kappa shape index (κ2) is 90.9. The molecule has 0 aliphatic carbocycles. The number of nitrogens with zero attached hydrogens (tertiary/aromatic N) is 4. The average Bonchev–Trinajstić information content (AvgIpc) is 0.883. The molecule has 0 unspecified atom stereocenters. The number of hydrogen-bond donors (Lipinski definition) is 15. The molecule has 0 aliphatic heterocycles. The van der Waals surface area contributed by atoms with E-state index < -0.39 is 88.0 Å². The van der Waals surface area contributed by atoms with Gasteiger partial charge in [-0.05, 0) is 244 Å². The van der Waals surface area contributed by atoms with Gasteiger partial charge in [0, 0.05) is 210 Å². The maximum absolute atomic E-state index is 8.56. The molecule has 728 valence electrons. The van der Waals surface area contributed by atoms with Crippen molar-refractivity contribution in [1.29, 1.82) is 0 Å². The Bertz CT molecular complexity index is 1880. The van der Waals surface area contributed by atoms with Crippen molar-refractivity contribution < 1.29 is 136 Å². The smallest absolute Gasteiger partial charge is 0.390 e. The van der Waals surface area contributed by atoms with E-state index in [9.17, 15) is 0 Å². The first kappa shape index (κ1) is 139. The summed E-state index contributed by atoms with van der Waals surface area (Å²) in [5, 5.41) is 0. The maximum Gasteiger partial charge on any atom is 0.502 e. The van der Waals surface area contributed by atoms with E-state index in [0.717, 1.165) is 82.1 Å². The Labute approximate surface area is 727 Å². The van der Waals surface area contributed by atoms with Crippen LogP contribution in [-0.2, 0) is 92.9 Å². The van der Waals surface area contributed by atoms with Gasteiger partial charge in [0.25, 0.3) is 0 Å². The fourth-order valence-electron chi connectivity index (χ4n) is 9.55. The Kier molecular flexibility index (Phi) is 107. The molecule has 0 heterocycles. The van der Waals surface area contributed by atoms with Crippen LogP contribution in [0.4, 0.5) is 0 Å². The molecule has 50 heteroatoms. The summed E-state index contributed by atoms with van der Waals surface area (Å²) >= 11 is 0. The molecule has 21 N–H and O–H groups in total. The van der Waals surface area contributed by atoms with E-state index in [4.69, 9.17) is 171 Å². The molecule has 0 saturated carbocycles. The van der Waals surface area contributed by atoms with Crippen molar-refractivity contribution in [3.05, 3.63) is 0 Å². The number of hydrogen-bond acceptors (Lipinski definition) is 40. The Morgan fingerprint density at radius 1 is 0.186 bits per heavy atom. The minimum absolute atomic E-state index is 0.0451. The highest BCUT2D eigenvalue weighted by atomic mass is 28.4. The quantitative estimate of drug-likeness (QED) is 0.0388. The van der Waals surface area contributed by atoms with Gasteiger partial charge in [0.15, 0.2) is 0 Å². The number of nitrogens with two attached hydrogens (primary N) is 6. The van der Waals surface area contributed by atoms with Crippen LogP contribution in [0.15, 0.2) is 0 Å². The third kappa shape index (κ3) is 91.3. The summed E-state index contributed by atoms with van der Waals surface area (Å²) in [6, 6.07) is 5.70. The van der Waals surface area contributed by atoms with Gasteiger partial charge in [0.1, 0.15) is 0 Å². The van der Waals surface area contributed by atoms with Crippen LogP contribution >= 0.6 is 0 Å². The van der Waals surface area contributed by atoms with Crippen molar-refractivity contribution in [3.8, 4) is 0 Å². The van der Waals surface area contributed by atoms with Crippen LogP contribution in [-0.4, -0.2) is 415 Å². The molecule has 0 aromatic carbocycles. The molecule has 0 saturated heterocycles. The molecule has 0 aromatic rings. The lowest BCUT2D eigenvalue weighted by Crippen LogP contribution is -2.47. The zero-order valence-corrected chi connectivity index (χ0v) is 89.4. The van der Waals surface area contributed by atoms with E-state index in [-0.39, 0.29) is 24.7 Å². The first-order chi connectivity index (χ1) is 55.3. The molecule has 0 fully saturated rings. The normalized spacial score (nSPS) is 12.2. The summed E-state index contributed by atoms with van der Waals surface area (Å²) in [7, 11) is 1.17. The Morgan fingerprint density at radius 2 is 0.347 bits per heavy atom. The zero-order valence-electron chi connectivity index (χ0n) is 79.4. The molecule has 0 aromatic heterocycles. The van der Waals surface area contributed by atoms with Gasteiger partial charge in [0.05, 0.1) is 0 Å². The Morgan fingerprint density at radius 3 is 0.525 bits per heavy atom. The van der Waals surface area contributed by atoms with Crippen molar-refractivity contribution in [1.82, 2.24) is 19.6 Å². The molecule has 0 spiro atoms.